The normalized spacial score (nSPS) is 23.0. The number of aromatic nitrogens is 2. The van der Waals surface area contributed by atoms with E-state index in [4.69, 9.17) is 9.41 Å². The highest BCUT2D eigenvalue weighted by molar-refractivity contribution is 5.98. The van der Waals surface area contributed by atoms with Gasteiger partial charge < -0.3 is 9.73 Å². The van der Waals surface area contributed by atoms with E-state index in [0.29, 0.717) is 24.0 Å². The Kier molecular flexibility index (Phi) is 3.97. The molecule has 7 nitrogen and oxygen atoms in total. The lowest BCUT2D eigenvalue weighted by molar-refractivity contribution is -0.124. The van der Waals surface area contributed by atoms with Crippen LogP contribution in [0.2, 0.25) is 0 Å². The lowest BCUT2D eigenvalue weighted by Gasteiger charge is -2.38. The Bertz CT molecular complexity index is 1110. The van der Waals surface area contributed by atoms with Gasteiger partial charge in [-0.25, -0.2) is 4.99 Å². The average molecular weight is 387 g/mol. The van der Waals surface area contributed by atoms with Crippen LogP contribution in [0, 0.1) is 11.3 Å². The van der Waals surface area contributed by atoms with Gasteiger partial charge >= 0.3 is 6.01 Å². The third kappa shape index (κ3) is 3.29. The molecule has 7 heteroatoms. The van der Waals surface area contributed by atoms with Gasteiger partial charge in [0.1, 0.15) is 17.3 Å². The van der Waals surface area contributed by atoms with Crippen molar-refractivity contribution in [3.63, 3.8) is 0 Å². The summed E-state index contributed by atoms with van der Waals surface area (Å²) in [5, 5.41) is 6.41. The number of ketones is 1. The number of hydrogen-bond acceptors (Lipinski definition) is 7. The van der Waals surface area contributed by atoms with Crippen LogP contribution in [0.1, 0.15) is 32.0 Å². The van der Waals surface area contributed by atoms with E-state index in [9.17, 15) is 4.79 Å². The number of hydrogen-bond donors (Lipinski definition) is 2. The fraction of sp³-hybridized carbons (Fsp3) is 0.273. The van der Waals surface area contributed by atoms with Crippen molar-refractivity contribution in [2.75, 3.05) is 5.32 Å². The van der Waals surface area contributed by atoms with Crippen LogP contribution in [0.15, 0.2) is 69.8 Å². The molecule has 3 heterocycles. The highest BCUT2D eigenvalue weighted by Crippen LogP contribution is 2.42. The van der Waals surface area contributed by atoms with Crippen LogP contribution in [0.4, 0.5) is 6.01 Å². The van der Waals surface area contributed by atoms with Gasteiger partial charge in [-0.05, 0) is 29.7 Å². The van der Waals surface area contributed by atoms with Crippen molar-refractivity contribution >= 4 is 28.9 Å². The van der Waals surface area contributed by atoms with E-state index in [1.54, 1.807) is 6.20 Å². The lowest BCUT2D eigenvalue weighted by Crippen LogP contribution is -2.46. The molecular weight excluding hydrogens is 366 g/mol. The molecule has 1 aliphatic carbocycles. The molecule has 0 radical (unpaired) electrons. The summed E-state index contributed by atoms with van der Waals surface area (Å²) in [6.45, 7) is 4.12. The zero-order valence-electron chi connectivity index (χ0n) is 16.2. The van der Waals surface area contributed by atoms with Crippen LogP contribution in [-0.4, -0.2) is 21.7 Å². The molecule has 29 heavy (non-hydrogen) atoms. The van der Waals surface area contributed by atoms with Crippen molar-refractivity contribution in [1.29, 1.82) is 0 Å². The smallest absolute Gasteiger partial charge is 0.302 e. The minimum atomic E-state index is -0.404. The topological polar surface area (TPSA) is 92.4 Å². The summed E-state index contributed by atoms with van der Waals surface area (Å²) < 4.78 is 5.76. The van der Waals surface area contributed by atoms with E-state index < -0.39 is 6.04 Å². The number of anilines is 1. The van der Waals surface area contributed by atoms with E-state index in [1.165, 1.54) is 0 Å². The number of fused-ring (bicyclic) bond motifs is 2. The second-order valence-corrected chi connectivity index (χ2v) is 8.12. The molecule has 2 atom stereocenters. The highest BCUT2D eigenvalue weighted by atomic mass is 16.4. The molecule has 2 N–H and O–H groups in total. The molecule has 0 bridgehead atoms. The van der Waals surface area contributed by atoms with Gasteiger partial charge in [0.15, 0.2) is 5.58 Å². The maximum Gasteiger partial charge on any atom is 0.302 e. The maximum absolute atomic E-state index is 13.0. The number of nitrogens with zero attached hydrogens (tertiary/aromatic N) is 3. The van der Waals surface area contributed by atoms with E-state index in [2.05, 4.69) is 40.5 Å². The number of guanidine groups is 1. The summed E-state index contributed by atoms with van der Waals surface area (Å²) in [6.07, 6.45) is 4.33. The van der Waals surface area contributed by atoms with Crippen molar-refractivity contribution in [3.8, 4) is 0 Å². The molecule has 3 aromatic rings. The predicted molar refractivity (Wildman–Crippen MR) is 110 cm³/mol. The molecule has 0 saturated carbocycles. The number of carbonyl (C=O) groups is 1. The molecule has 1 aliphatic heterocycles. The zero-order valence-corrected chi connectivity index (χ0v) is 16.2. The number of benzene rings is 1. The van der Waals surface area contributed by atoms with E-state index in [-0.39, 0.29) is 17.1 Å². The van der Waals surface area contributed by atoms with Crippen LogP contribution in [-0.2, 0) is 4.79 Å². The Balaban J connectivity index is 1.55. The number of oxazole rings is 1. The minimum Gasteiger partial charge on any atom is -0.423 e. The van der Waals surface area contributed by atoms with Gasteiger partial charge in [0.2, 0.25) is 5.96 Å². The lowest BCUT2D eigenvalue weighted by atomic mass is 9.73. The predicted octanol–water partition coefficient (Wildman–Crippen LogP) is 3.83. The largest absolute Gasteiger partial charge is 0.423 e. The number of Topliss-reactive ketones (excluding diaryl/α,β-unsaturated/α-hetero) is 1. The minimum absolute atomic E-state index is 0.167. The molecule has 1 aromatic carbocycles. The molecule has 0 fully saturated rings. The number of allylic oxidation sites excluding steroid dienone is 1. The van der Waals surface area contributed by atoms with E-state index >= 15 is 0 Å². The van der Waals surface area contributed by atoms with Crippen molar-refractivity contribution in [2.45, 2.75) is 26.3 Å². The summed E-state index contributed by atoms with van der Waals surface area (Å²) in [6, 6.07) is 13.2. The van der Waals surface area contributed by atoms with Crippen molar-refractivity contribution in [1.82, 2.24) is 15.3 Å². The zero-order chi connectivity index (χ0) is 20.0. The summed E-state index contributed by atoms with van der Waals surface area (Å²) >= 11 is 0. The van der Waals surface area contributed by atoms with Crippen LogP contribution in [0.5, 0.6) is 0 Å². The first-order valence-electron chi connectivity index (χ1n) is 9.62. The van der Waals surface area contributed by atoms with E-state index in [0.717, 1.165) is 16.9 Å². The maximum atomic E-state index is 13.0. The van der Waals surface area contributed by atoms with Gasteiger partial charge in [0.05, 0.1) is 11.6 Å². The van der Waals surface area contributed by atoms with Crippen molar-refractivity contribution in [2.24, 2.45) is 16.3 Å². The molecule has 5 rings (SSSR count). The van der Waals surface area contributed by atoms with Crippen LogP contribution in [0.3, 0.4) is 0 Å². The van der Waals surface area contributed by atoms with Crippen LogP contribution in [0.25, 0.3) is 11.1 Å². The fourth-order valence-electron chi connectivity index (χ4n) is 4.02. The number of aliphatic imine (C=N–C) groups is 1. The molecule has 146 valence electrons. The summed E-state index contributed by atoms with van der Waals surface area (Å²) in [7, 11) is 0. The fourth-order valence-corrected chi connectivity index (χ4v) is 4.02. The van der Waals surface area contributed by atoms with Gasteiger partial charge in [-0.2, -0.15) is 4.98 Å². The summed E-state index contributed by atoms with van der Waals surface area (Å²) in [5.41, 5.74) is 2.84. The van der Waals surface area contributed by atoms with E-state index in [1.807, 2.05) is 42.5 Å². The molecule has 2 aromatic heterocycles. The number of pyridine rings is 1. The second-order valence-electron chi connectivity index (χ2n) is 8.12. The third-order valence-corrected chi connectivity index (χ3v) is 5.21. The summed E-state index contributed by atoms with van der Waals surface area (Å²) in [4.78, 5) is 26.7. The Morgan fingerprint density at radius 2 is 2.00 bits per heavy atom. The number of rotatable bonds is 2. The van der Waals surface area contributed by atoms with Gasteiger partial charge in [-0.1, -0.05) is 38.1 Å². The Labute approximate surface area is 168 Å². The third-order valence-electron chi connectivity index (χ3n) is 5.21. The number of para-hydroxylation sites is 2. The molecule has 2 aliphatic rings. The molecule has 0 unspecified atom stereocenters. The quantitative estimate of drug-likeness (QED) is 0.694. The average Bonchev–Trinajstić information content (AvgIpc) is 3.09. The molecule has 0 amide bonds. The Morgan fingerprint density at radius 1 is 1.17 bits per heavy atom. The van der Waals surface area contributed by atoms with Gasteiger partial charge in [-0.3, -0.25) is 15.1 Å². The van der Waals surface area contributed by atoms with Crippen molar-refractivity contribution in [3.05, 3.63) is 66.1 Å². The SMILES string of the molecule is CC1(C)C=C2NC(Nc3nc4ccccc4o3)=N[C@@H](c3ccccn3)[C@H]2C(=O)C1. The van der Waals surface area contributed by atoms with Crippen LogP contribution < -0.4 is 10.6 Å². The van der Waals surface area contributed by atoms with Gasteiger partial charge in [-0.15, -0.1) is 0 Å². The standard InChI is InChI=1S/C22H21N5O2/c1-22(2)11-15-18(16(28)12-22)19(14-8-5-6-10-23-14)26-20(24-15)27-21-25-13-7-3-4-9-17(13)29-21/h3-11,18-19H,12H2,1-2H3,(H2,24,25,26,27)/t18-,19+/m1/s1. The summed E-state index contributed by atoms with van der Waals surface area (Å²) in [5.74, 6) is 0.285. The molecule has 0 spiro atoms. The number of nitrogens with one attached hydrogen (secondary N) is 2. The van der Waals surface area contributed by atoms with Crippen molar-refractivity contribution < 1.29 is 9.21 Å². The Hall–Kier alpha value is -3.48. The Morgan fingerprint density at radius 3 is 2.79 bits per heavy atom. The first-order valence-corrected chi connectivity index (χ1v) is 9.62. The highest BCUT2D eigenvalue weighted by Gasteiger charge is 2.43. The van der Waals surface area contributed by atoms with Gasteiger partial charge in [0.25, 0.3) is 0 Å². The number of carbonyl (C=O) groups excluding carboxylic acids is 1. The molecule has 0 saturated heterocycles. The first-order chi connectivity index (χ1) is 14.0. The van der Waals surface area contributed by atoms with Gasteiger partial charge in [0, 0.05) is 18.3 Å². The molecular formula is C22H21N5O2. The second kappa shape index (κ2) is 6.55. The first kappa shape index (κ1) is 17.6. The van der Waals surface area contributed by atoms with Crippen LogP contribution >= 0.6 is 0 Å². The monoisotopic (exact) mass is 387 g/mol.